The third-order valence-corrected chi connectivity index (χ3v) is 6.63. The summed E-state index contributed by atoms with van der Waals surface area (Å²) in [5.74, 6) is 0.674. The lowest BCUT2D eigenvalue weighted by atomic mass is 10.0. The highest BCUT2D eigenvalue weighted by molar-refractivity contribution is 5.97. The molecule has 2 aliphatic heterocycles. The van der Waals surface area contributed by atoms with Gasteiger partial charge in [0, 0.05) is 38.2 Å². The van der Waals surface area contributed by atoms with Crippen LogP contribution in [0.1, 0.15) is 47.1 Å². The first-order valence-corrected chi connectivity index (χ1v) is 11.9. The predicted octanol–water partition coefficient (Wildman–Crippen LogP) is 2.93. The first-order chi connectivity index (χ1) is 16.2. The minimum Gasteiger partial charge on any atom is -0.379 e. The Hall–Kier alpha value is -3.03. The van der Waals surface area contributed by atoms with Gasteiger partial charge in [0.05, 0.1) is 30.2 Å². The normalized spacial score (nSPS) is 17.8. The van der Waals surface area contributed by atoms with Gasteiger partial charge in [-0.25, -0.2) is 4.98 Å². The Balaban J connectivity index is 1.41. The Morgan fingerprint density at radius 1 is 1.03 bits per heavy atom. The number of nitrogens with zero attached hydrogens (tertiary/aromatic N) is 3. The zero-order valence-corrected chi connectivity index (χ0v) is 18.8. The summed E-state index contributed by atoms with van der Waals surface area (Å²) < 4.78 is 7.28. The second-order valence-electron chi connectivity index (χ2n) is 8.88. The molecular weight excluding hydrogens is 416 g/mol. The van der Waals surface area contributed by atoms with Gasteiger partial charge in [0.25, 0.3) is 11.5 Å². The van der Waals surface area contributed by atoms with Crippen molar-refractivity contribution in [3.8, 4) is 0 Å². The highest BCUT2D eigenvalue weighted by atomic mass is 16.5. The Kier molecular flexibility index (Phi) is 6.51. The van der Waals surface area contributed by atoms with Crippen LogP contribution in [0, 0.1) is 0 Å². The van der Waals surface area contributed by atoms with Crippen LogP contribution in [-0.2, 0) is 17.7 Å². The van der Waals surface area contributed by atoms with Gasteiger partial charge in [0.2, 0.25) is 0 Å². The van der Waals surface area contributed by atoms with Gasteiger partial charge in [0.1, 0.15) is 5.82 Å². The summed E-state index contributed by atoms with van der Waals surface area (Å²) in [4.78, 5) is 33.4. The summed E-state index contributed by atoms with van der Waals surface area (Å²) >= 11 is 0. The van der Waals surface area contributed by atoms with Crippen LogP contribution in [-0.4, -0.2) is 53.2 Å². The molecule has 1 saturated heterocycles. The number of hydrogen-bond donors (Lipinski definition) is 1. The topological polar surface area (TPSA) is 76.5 Å². The van der Waals surface area contributed by atoms with E-state index in [2.05, 4.69) is 10.2 Å². The van der Waals surface area contributed by atoms with Crippen molar-refractivity contribution in [3.63, 3.8) is 0 Å². The van der Waals surface area contributed by atoms with Gasteiger partial charge >= 0.3 is 0 Å². The number of morpholine rings is 1. The fraction of sp³-hybridized carbons (Fsp3) is 0.423. The zero-order valence-electron chi connectivity index (χ0n) is 18.8. The number of nitrogens with one attached hydrogen (secondary N) is 1. The number of benzene rings is 2. The number of rotatable bonds is 5. The molecule has 1 atom stereocenters. The molecule has 2 aromatic carbocycles. The van der Waals surface area contributed by atoms with Crippen LogP contribution in [0.25, 0.3) is 10.9 Å². The molecular formula is C26H30N4O3. The zero-order chi connectivity index (χ0) is 22.6. The van der Waals surface area contributed by atoms with Crippen molar-refractivity contribution in [2.24, 2.45) is 0 Å². The minimum absolute atomic E-state index is 0.00154. The lowest BCUT2D eigenvalue weighted by Crippen LogP contribution is -2.43. The summed E-state index contributed by atoms with van der Waals surface area (Å²) in [5, 5.41) is 3.79. The molecule has 172 valence electrons. The Bertz CT molecular complexity index is 1190. The highest BCUT2D eigenvalue weighted by Gasteiger charge is 2.21. The SMILES string of the molecule is O=C(N[C@@H](CN1CCOCC1)c1ccccc1)c1ccc2c(=O)n3c(nc2c1)CCCCC3. The molecule has 0 radical (unpaired) electrons. The molecule has 1 N–H and O–H groups in total. The maximum atomic E-state index is 13.3. The third-order valence-electron chi connectivity index (χ3n) is 6.63. The highest BCUT2D eigenvalue weighted by Crippen LogP contribution is 2.19. The van der Waals surface area contributed by atoms with E-state index >= 15 is 0 Å². The average Bonchev–Trinajstić information content (AvgIpc) is 3.10. The molecule has 1 aromatic heterocycles. The van der Waals surface area contributed by atoms with Gasteiger partial charge in [-0.2, -0.15) is 0 Å². The van der Waals surface area contributed by atoms with Crippen molar-refractivity contribution in [1.82, 2.24) is 19.8 Å². The van der Waals surface area contributed by atoms with Gasteiger partial charge in [-0.1, -0.05) is 36.8 Å². The van der Waals surface area contributed by atoms with E-state index in [-0.39, 0.29) is 17.5 Å². The molecule has 3 aromatic rings. The van der Waals surface area contributed by atoms with Crippen LogP contribution in [0.3, 0.4) is 0 Å². The molecule has 1 fully saturated rings. The van der Waals surface area contributed by atoms with Crippen LogP contribution in [0.5, 0.6) is 0 Å². The average molecular weight is 447 g/mol. The Morgan fingerprint density at radius 3 is 2.67 bits per heavy atom. The van der Waals surface area contributed by atoms with E-state index in [4.69, 9.17) is 9.72 Å². The van der Waals surface area contributed by atoms with Crippen molar-refractivity contribution < 1.29 is 9.53 Å². The van der Waals surface area contributed by atoms with Gasteiger partial charge in [-0.15, -0.1) is 0 Å². The lowest BCUT2D eigenvalue weighted by molar-refractivity contribution is 0.0332. The summed E-state index contributed by atoms with van der Waals surface area (Å²) in [7, 11) is 0. The maximum Gasteiger partial charge on any atom is 0.261 e. The number of hydrogen-bond acceptors (Lipinski definition) is 5. The smallest absolute Gasteiger partial charge is 0.261 e. The number of amides is 1. The predicted molar refractivity (Wildman–Crippen MR) is 127 cm³/mol. The number of carbonyl (C=O) groups excluding carboxylic acids is 1. The molecule has 3 heterocycles. The van der Waals surface area contributed by atoms with Crippen LogP contribution < -0.4 is 10.9 Å². The van der Waals surface area contributed by atoms with E-state index in [9.17, 15) is 9.59 Å². The summed E-state index contributed by atoms with van der Waals surface area (Å²) in [6.07, 6.45) is 3.96. The Morgan fingerprint density at radius 2 is 1.85 bits per heavy atom. The van der Waals surface area contributed by atoms with E-state index in [1.165, 1.54) is 0 Å². The van der Waals surface area contributed by atoms with Gasteiger partial charge < -0.3 is 10.1 Å². The van der Waals surface area contributed by atoms with Crippen molar-refractivity contribution in [2.45, 2.75) is 38.3 Å². The van der Waals surface area contributed by atoms with Crippen LogP contribution in [0.15, 0.2) is 53.3 Å². The van der Waals surface area contributed by atoms with Gasteiger partial charge in [0.15, 0.2) is 0 Å². The monoisotopic (exact) mass is 446 g/mol. The third kappa shape index (κ3) is 4.84. The Labute approximate surface area is 193 Å². The molecule has 7 heteroatoms. The molecule has 0 spiro atoms. The van der Waals surface area contributed by atoms with Crippen molar-refractivity contribution >= 4 is 16.8 Å². The van der Waals surface area contributed by atoms with E-state index in [0.717, 1.165) is 63.3 Å². The molecule has 2 aliphatic rings. The quantitative estimate of drug-likeness (QED) is 0.652. The van der Waals surface area contributed by atoms with E-state index in [0.29, 0.717) is 29.7 Å². The fourth-order valence-electron chi connectivity index (χ4n) is 4.76. The van der Waals surface area contributed by atoms with Gasteiger partial charge in [-0.3, -0.25) is 19.1 Å². The minimum atomic E-state index is -0.157. The molecule has 7 nitrogen and oxygen atoms in total. The summed E-state index contributed by atoms with van der Waals surface area (Å²) in [5.41, 5.74) is 2.19. The van der Waals surface area contributed by atoms with Crippen molar-refractivity contribution in [2.75, 3.05) is 32.8 Å². The largest absolute Gasteiger partial charge is 0.379 e. The molecule has 33 heavy (non-hydrogen) atoms. The van der Waals surface area contributed by atoms with E-state index < -0.39 is 0 Å². The second-order valence-corrected chi connectivity index (χ2v) is 8.88. The number of aromatic nitrogens is 2. The molecule has 0 aliphatic carbocycles. The number of ether oxygens (including phenoxy) is 1. The van der Waals surface area contributed by atoms with Crippen molar-refractivity contribution in [1.29, 1.82) is 0 Å². The molecule has 0 unspecified atom stereocenters. The van der Waals surface area contributed by atoms with Crippen LogP contribution in [0.4, 0.5) is 0 Å². The maximum absolute atomic E-state index is 13.3. The first-order valence-electron chi connectivity index (χ1n) is 11.9. The number of fused-ring (bicyclic) bond motifs is 2. The first kappa shape index (κ1) is 21.8. The van der Waals surface area contributed by atoms with Crippen molar-refractivity contribution in [3.05, 3.63) is 75.8 Å². The fourth-order valence-corrected chi connectivity index (χ4v) is 4.76. The van der Waals surface area contributed by atoms with E-state index in [1.54, 1.807) is 18.2 Å². The number of carbonyl (C=O) groups is 1. The lowest BCUT2D eigenvalue weighted by Gasteiger charge is -2.31. The summed E-state index contributed by atoms with van der Waals surface area (Å²) in [6.45, 7) is 4.58. The summed E-state index contributed by atoms with van der Waals surface area (Å²) in [6, 6.07) is 15.2. The second kappa shape index (κ2) is 9.85. The van der Waals surface area contributed by atoms with Gasteiger partial charge in [-0.05, 0) is 36.6 Å². The van der Waals surface area contributed by atoms with E-state index in [1.807, 2.05) is 34.9 Å². The molecule has 0 bridgehead atoms. The molecule has 1 amide bonds. The molecule has 0 saturated carbocycles. The molecule has 5 rings (SSSR count). The number of aryl methyl sites for hydroxylation is 1. The standard InChI is InChI=1S/C26H30N4O3/c31-25(28-23(19-7-3-1-4-8-19)18-29-13-15-33-16-14-29)20-10-11-21-22(17-20)27-24-9-5-2-6-12-30(24)26(21)32/h1,3-4,7-8,10-11,17,23H,2,5-6,9,12-16,18H2,(H,28,31)/t23-/m0/s1. The van der Waals surface area contributed by atoms with Crippen LogP contribution in [0.2, 0.25) is 0 Å². The van der Waals surface area contributed by atoms with Crippen LogP contribution >= 0.6 is 0 Å².